The molecule has 1 aromatic rings. The van der Waals surface area contributed by atoms with Crippen LogP contribution in [0.3, 0.4) is 0 Å². The predicted octanol–water partition coefficient (Wildman–Crippen LogP) is 3.39. The maximum Gasteiger partial charge on any atom is 0.434 e. The summed E-state index contributed by atoms with van der Waals surface area (Å²) in [6.07, 6.45) is -2.31. The Balaban J connectivity index is 3.08. The van der Waals surface area contributed by atoms with Crippen LogP contribution in [0.2, 0.25) is 0 Å². The fourth-order valence-corrected chi connectivity index (χ4v) is 1.97. The summed E-state index contributed by atoms with van der Waals surface area (Å²) in [7, 11) is 0. The molecule has 0 aliphatic rings. The molecule has 84 valence electrons. The van der Waals surface area contributed by atoms with E-state index in [-0.39, 0.29) is 9.64 Å². The van der Waals surface area contributed by atoms with Crippen LogP contribution in [0, 0.1) is 0 Å². The first-order chi connectivity index (χ1) is 6.70. The first kappa shape index (κ1) is 12.3. The molecule has 0 atom stereocenters. The van der Waals surface area contributed by atoms with Crippen molar-refractivity contribution in [3.8, 4) is 0 Å². The molecule has 0 N–H and O–H groups in total. The molecule has 0 saturated heterocycles. The molecule has 0 saturated carbocycles. The van der Waals surface area contributed by atoms with Gasteiger partial charge in [0.25, 0.3) is 0 Å². The van der Waals surface area contributed by atoms with Gasteiger partial charge in [0, 0.05) is 10.9 Å². The topological polar surface area (TPSA) is 25.8 Å². The summed E-state index contributed by atoms with van der Waals surface area (Å²) in [5.74, 6) is 0. The van der Waals surface area contributed by atoms with Gasteiger partial charge in [-0.3, -0.25) is 0 Å². The van der Waals surface area contributed by atoms with E-state index in [1.165, 1.54) is 6.20 Å². The molecule has 0 aromatic carbocycles. The van der Waals surface area contributed by atoms with E-state index in [0.29, 0.717) is 0 Å². The Kier molecular flexibility index (Phi) is 3.28. The Hall–Kier alpha value is -0.780. The Morgan fingerprint density at radius 2 is 1.80 bits per heavy atom. The second-order valence-electron chi connectivity index (χ2n) is 3.95. The van der Waals surface area contributed by atoms with Crippen molar-refractivity contribution in [2.24, 2.45) is 0 Å². The summed E-state index contributed by atoms with van der Waals surface area (Å²) in [5.41, 5.74) is -0.863. The lowest BCUT2D eigenvalue weighted by molar-refractivity contribution is -0.143. The SMILES string of the molecule is CC(C)(C)Sc1cncnc1C(F)(F)F. The molecule has 0 bridgehead atoms. The van der Waals surface area contributed by atoms with Crippen LogP contribution in [0.1, 0.15) is 26.5 Å². The van der Waals surface area contributed by atoms with E-state index < -0.39 is 11.9 Å². The summed E-state index contributed by atoms with van der Waals surface area (Å²) in [4.78, 5) is 6.96. The number of rotatable bonds is 1. The molecule has 15 heavy (non-hydrogen) atoms. The highest BCUT2D eigenvalue weighted by Crippen LogP contribution is 2.39. The fourth-order valence-electron chi connectivity index (χ4n) is 0.934. The number of hydrogen-bond donors (Lipinski definition) is 0. The van der Waals surface area contributed by atoms with Crippen LogP contribution in [-0.4, -0.2) is 14.7 Å². The average molecular weight is 236 g/mol. The quantitative estimate of drug-likeness (QED) is 0.699. The lowest BCUT2D eigenvalue weighted by atomic mass is 10.3. The molecule has 0 aliphatic carbocycles. The van der Waals surface area contributed by atoms with Gasteiger partial charge >= 0.3 is 6.18 Å². The zero-order chi connectivity index (χ0) is 11.7. The Labute approximate surface area is 90.3 Å². The summed E-state index contributed by atoms with van der Waals surface area (Å²) in [6, 6.07) is 0. The zero-order valence-electron chi connectivity index (χ0n) is 8.59. The van der Waals surface area contributed by atoms with Crippen molar-refractivity contribution in [1.29, 1.82) is 0 Å². The van der Waals surface area contributed by atoms with E-state index >= 15 is 0 Å². The van der Waals surface area contributed by atoms with Crippen LogP contribution in [0.4, 0.5) is 13.2 Å². The lowest BCUT2D eigenvalue weighted by Crippen LogP contribution is -2.14. The minimum absolute atomic E-state index is 0.0671. The van der Waals surface area contributed by atoms with E-state index in [0.717, 1.165) is 18.1 Å². The number of thioether (sulfide) groups is 1. The number of alkyl halides is 3. The van der Waals surface area contributed by atoms with E-state index in [1.807, 2.05) is 20.8 Å². The third-order valence-electron chi connectivity index (χ3n) is 1.36. The smallest absolute Gasteiger partial charge is 0.244 e. The van der Waals surface area contributed by atoms with Crippen molar-refractivity contribution >= 4 is 11.8 Å². The zero-order valence-corrected chi connectivity index (χ0v) is 9.41. The van der Waals surface area contributed by atoms with Gasteiger partial charge in [-0.2, -0.15) is 13.2 Å². The number of aromatic nitrogens is 2. The van der Waals surface area contributed by atoms with Crippen LogP contribution in [0.5, 0.6) is 0 Å². The van der Waals surface area contributed by atoms with Gasteiger partial charge in [0.1, 0.15) is 6.33 Å². The van der Waals surface area contributed by atoms with Gasteiger partial charge < -0.3 is 0 Å². The summed E-state index contributed by atoms with van der Waals surface area (Å²) in [6.45, 7) is 5.51. The van der Waals surface area contributed by atoms with Gasteiger partial charge in [0.05, 0.1) is 4.90 Å². The number of halogens is 3. The highest BCUT2D eigenvalue weighted by atomic mass is 32.2. The maximum absolute atomic E-state index is 12.5. The van der Waals surface area contributed by atoms with E-state index in [9.17, 15) is 13.2 Å². The molecule has 1 heterocycles. The molecule has 2 nitrogen and oxygen atoms in total. The van der Waals surface area contributed by atoms with Gasteiger partial charge in [-0.15, -0.1) is 11.8 Å². The lowest BCUT2D eigenvalue weighted by Gasteiger charge is -2.19. The summed E-state index contributed by atoms with van der Waals surface area (Å²) in [5, 5.41) is 0. The standard InChI is InChI=1S/C9H11F3N2S/c1-8(2,3)15-6-4-13-5-14-7(6)9(10,11)12/h4-5H,1-3H3. The van der Waals surface area contributed by atoms with Crippen LogP contribution in [0.25, 0.3) is 0 Å². The molecule has 0 aliphatic heterocycles. The summed E-state index contributed by atoms with van der Waals surface area (Å²) < 4.78 is 37.3. The second kappa shape index (κ2) is 4.00. The molecular weight excluding hydrogens is 225 g/mol. The molecule has 6 heteroatoms. The Morgan fingerprint density at radius 1 is 1.20 bits per heavy atom. The normalized spacial score (nSPS) is 12.9. The molecular formula is C9H11F3N2S. The minimum Gasteiger partial charge on any atom is -0.244 e. The van der Waals surface area contributed by atoms with Crippen molar-refractivity contribution in [3.05, 3.63) is 18.2 Å². The van der Waals surface area contributed by atoms with Crippen LogP contribution in [0.15, 0.2) is 17.4 Å². The number of nitrogens with zero attached hydrogens (tertiary/aromatic N) is 2. The average Bonchev–Trinajstić information content (AvgIpc) is 1.99. The third kappa shape index (κ3) is 3.70. The van der Waals surface area contributed by atoms with Gasteiger partial charge in [0.15, 0.2) is 5.69 Å². The molecule has 0 radical (unpaired) electrons. The van der Waals surface area contributed by atoms with E-state index in [4.69, 9.17) is 0 Å². The van der Waals surface area contributed by atoms with Crippen molar-refractivity contribution in [2.45, 2.75) is 36.6 Å². The van der Waals surface area contributed by atoms with Crippen LogP contribution >= 0.6 is 11.8 Å². The first-order valence-corrected chi connectivity index (χ1v) is 5.08. The molecule has 1 rings (SSSR count). The third-order valence-corrected chi connectivity index (χ3v) is 2.49. The highest BCUT2D eigenvalue weighted by Gasteiger charge is 2.36. The van der Waals surface area contributed by atoms with E-state index in [1.54, 1.807) is 0 Å². The van der Waals surface area contributed by atoms with Gasteiger partial charge in [-0.25, -0.2) is 9.97 Å². The molecule has 1 aromatic heterocycles. The first-order valence-electron chi connectivity index (χ1n) is 4.26. The van der Waals surface area contributed by atoms with Gasteiger partial charge in [-0.1, -0.05) is 20.8 Å². The second-order valence-corrected chi connectivity index (χ2v) is 5.82. The van der Waals surface area contributed by atoms with Gasteiger partial charge in [-0.05, 0) is 0 Å². The van der Waals surface area contributed by atoms with Gasteiger partial charge in [0.2, 0.25) is 0 Å². The minimum atomic E-state index is -4.42. The molecule has 0 fully saturated rings. The van der Waals surface area contributed by atoms with E-state index in [2.05, 4.69) is 9.97 Å². The van der Waals surface area contributed by atoms with Crippen LogP contribution < -0.4 is 0 Å². The fraction of sp³-hybridized carbons (Fsp3) is 0.556. The Bertz CT molecular complexity index is 344. The Morgan fingerprint density at radius 3 is 2.27 bits per heavy atom. The van der Waals surface area contributed by atoms with Crippen molar-refractivity contribution in [2.75, 3.05) is 0 Å². The van der Waals surface area contributed by atoms with Crippen molar-refractivity contribution in [1.82, 2.24) is 9.97 Å². The highest BCUT2D eigenvalue weighted by molar-refractivity contribution is 8.00. The molecule has 0 amide bonds. The van der Waals surface area contributed by atoms with Crippen molar-refractivity contribution in [3.63, 3.8) is 0 Å². The van der Waals surface area contributed by atoms with Crippen LogP contribution in [-0.2, 0) is 6.18 Å². The number of hydrogen-bond acceptors (Lipinski definition) is 3. The maximum atomic E-state index is 12.5. The monoisotopic (exact) mass is 236 g/mol. The summed E-state index contributed by atoms with van der Waals surface area (Å²) >= 11 is 1.11. The van der Waals surface area contributed by atoms with Crippen molar-refractivity contribution < 1.29 is 13.2 Å². The molecule has 0 spiro atoms. The predicted molar refractivity (Wildman–Crippen MR) is 52.6 cm³/mol. The molecule has 0 unspecified atom stereocenters. The largest absolute Gasteiger partial charge is 0.434 e.